The molecule has 0 unspecified atom stereocenters. The molecule has 256 valence electrons. The molecule has 5 rings (SSSR count). The molecule has 0 bridgehead atoms. The van der Waals surface area contributed by atoms with Crippen molar-refractivity contribution < 1.29 is 42.7 Å². The highest BCUT2D eigenvalue weighted by atomic mass is 19.1. The Balaban J connectivity index is 1.41. The Kier molecular flexibility index (Phi) is 10.2. The lowest BCUT2D eigenvalue weighted by Crippen LogP contribution is -2.59. The molecule has 3 fully saturated rings. The molecule has 14 heteroatoms. The van der Waals surface area contributed by atoms with Crippen LogP contribution in [0.3, 0.4) is 0 Å². The van der Waals surface area contributed by atoms with E-state index >= 15 is 0 Å². The fourth-order valence-corrected chi connectivity index (χ4v) is 6.01. The number of carbonyl (C=O) groups excluding carboxylic acids is 5. The average Bonchev–Trinajstić information content (AvgIpc) is 3.37. The Morgan fingerprint density at radius 2 is 1.91 bits per heavy atom. The van der Waals surface area contributed by atoms with E-state index in [0.717, 1.165) is 12.8 Å². The number of Topliss-reactive ketones (excluding diaryl/α,β-unsaturated/α-hetero) is 1. The van der Waals surface area contributed by atoms with Crippen LogP contribution in [-0.4, -0.2) is 90.1 Å². The van der Waals surface area contributed by atoms with Crippen LogP contribution in [0.25, 0.3) is 5.70 Å². The molecule has 0 aromatic heterocycles. The number of halogens is 1. The monoisotopic (exact) mass is 657 g/mol. The Morgan fingerprint density at radius 1 is 1.15 bits per heavy atom. The van der Waals surface area contributed by atoms with E-state index in [1.165, 1.54) is 17.0 Å². The zero-order valence-electron chi connectivity index (χ0n) is 27.2. The maximum atomic E-state index is 14.4. The van der Waals surface area contributed by atoms with E-state index in [0.29, 0.717) is 30.7 Å². The summed E-state index contributed by atoms with van der Waals surface area (Å²) in [7, 11) is 0. The van der Waals surface area contributed by atoms with Gasteiger partial charge in [-0.1, -0.05) is 46.2 Å². The lowest BCUT2D eigenvalue weighted by molar-refractivity contribution is -0.144. The molecule has 0 radical (unpaired) electrons. The first kappa shape index (κ1) is 34.3. The maximum absolute atomic E-state index is 14.4. The van der Waals surface area contributed by atoms with Crippen LogP contribution in [0.5, 0.6) is 0 Å². The Labute approximate surface area is 273 Å². The number of alkyl carbamates (subject to hydrolysis) is 1. The summed E-state index contributed by atoms with van der Waals surface area (Å²) in [5, 5.41) is 8.10. The number of carbonyl (C=O) groups is 5. The number of ketones is 1. The fourth-order valence-electron chi connectivity index (χ4n) is 6.01. The zero-order chi connectivity index (χ0) is 33.9. The van der Waals surface area contributed by atoms with Crippen LogP contribution < -0.4 is 21.4 Å². The largest absolute Gasteiger partial charge is 0.444 e. The molecule has 5 atom stereocenters. The summed E-state index contributed by atoms with van der Waals surface area (Å²) in [6.07, 6.45) is 3.35. The van der Waals surface area contributed by atoms with Crippen molar-refractivity contribution in [1.82, 2.24) is 26.3 Å². The minimum Gasteiger partial charge on any atom is -0.444 e. The molecule has 13 nitrogen and oxygen atoms in total. The summed E-state index contributed by atoms with van der Waals surface area (Å²) >= 11 is 0. The van der Waals surface area contributed by atoms with Crippen molar-refractivity contribution >= 4 is 35.3 Å². The summed E-state index contributed by atoms with van der Waals surface area (Å²) in [5.74, 6) is -3.15. The number of benzene rings is 1. The topological polar surface area (TPSA) is 164 Å². The van der Waals surface area contributed by atoms with Gasteiger partial charge in [-0.05, 0) is 42.9 Å². The highest BCUT2D eigenvalue weighted by molar-refractivity contribution is 6.38. The first-order valence-corrected chi connectivity index (χ1v) is 16.2. The van der Waals surface area contributed by atoms with Crippen molar-refractivity contribution in [3.8, 4) is 0 Å². The maximum Gasteiger partial charge on any atom is 0.408 e. The predicted molar refractivity (Wildman–Crippen MR) is 167 cm³/mol. The molecule has 2 saturated heterocycles. The molecule has 1 saturated carbocycles. The van der Waals surface area contributed by atoms with Crippen molar-refractivity contribution in [2.24, 2.45) is 5.41 Å². The fraction of sp³-hybridized carbons (Fsp3) is 0.606. The van der Waals surface area contributed by atoms with Gasteiger partial charge >= 0.3 is 6.09 Å². The van der Waals surface area contributed by atoms with Gasteiger partial charge in [0.15, 0.2) is 0 Å². The van der Waals surface area contributed by atoms with Gasteiger partial charge in [-0.25, -0.2) is 9.18 Å². The number of ether oxygens (including phenoxy) is 2. The van der Waals surface area contributed by atoms with Crippen LogP contribution in [0.1, 0.15) is 71.8 Å². The summed E-state index contributed by atoms with van der Waals surface area (Å²) in [4.78, 5) is 74.3. The van der Waals surface area contributed by atoms with Crippen LogP contribution in [0.15, 0.2) is 30.3 Å². The third-order valence-corrected chi connectivity index (χ3v) is 8.73. The van der Waals surface area contributed by atoms with Crippen molar-refractivity contribution in [2.75, 3.05) is 19.8 Å². The van der Waals surface area contributed by atoms with E-state index < -0.39 is 70.7 Å². The molecule has 3 aliphatic heterocycles. The SMILES string of the molecule is CCC[C@H](NC(=O)[C@@H]1C[C@]2(C=C(c3cccc(F)c3)NO2)CN1C(=O)[C@@H](NC(=O)O[C@H]1CCOC1)C(C)(C)C)C(=O)C(=O)NC1CC1. The third-order valence-electron chi connectivity index (χ3n) is 8.73. The van der Waals surface area contributed by atoms with Gasteiger partial charge in [0.2, 0.25) is 17.6 Å². The lowest BCUT2D eigenvalue weighted by atomic mass is 9.85. The van der Waals surface area contributed by atoms with Crippen LogP contribution >= 0.6 is 0 Å². The molecule has 3 heterocycles. The first-order valence-electron chi connectivity index (χ1n) is 16.2. The Hall–Kier alpha value is -4.04. The van der Waals surface area contributed by atoms with Crippen LogP contribution in [0, 0.1) is 11.2 Å². The molecule has 47 heavy (non-hydrogen) atoms. The Morgan fingerprint density at radius 3 is 2.55 bits per heavy atom. The van der Waals surface area contributed by atoms with Crippen LogP contribution in [-0.2, 0) is 33.5 Å². The van der Waals surface area contributed by atoms with E-state index in [1.807, 2.05) is 6.92 Å². The average molecular weight is 658 g/mol. The molecule has 1 aliphatic carbocycles. The quantitative estimate of drug-likeness (QED) is 0.261. The second-order valence-corrected chi connectivity index (χ2v) is 13.8. The summed E-state index contributed by atoms with van der Waals surface area (Å²) in [5.41, 5.74) is 1.78. The van der Waals surface area contributed by atoms with Crippen molar-refractivity contribution in [2.45, 2.75) is 102 Å². The number of likely N-dealkylation sites (tertiary alicyclic amines) is 1. The summed E-state index contributed by atoms with van der Waals surface area (Å²) in [6, 6.07) is 2.51. The van der Waals surface area contributed by atoms with Gasteiger partial charge in [0.25, 0.3) is 5.91 Å². The van der Waals surface area contributed by atoms with Gasteiger partial charge in [-0.2, -0.15) is 0 Å². The van der Waals surface area contributed by atoms with Crippen LogP contribution in [0.2, 0.25) is 0 Å². The van der Waals surface area contributed by atoms with Gasteiger partial charge in [0, 0.05) is 24.4 Å². The second-order valence-electron chi connectivity index (χ2n) is 13.8. The lowest BCUT2D eigenvalue weighted by Gasteiger charge is -2.35. The number of hydrogen-bond acceptors (Lipinski definition) is 9. The van der Waals surface area contributed by atoms with Crippen molar-refractivity contribution in [1.29, 1.82) is 0 Å². The highest BCUT2D eigenvalue weighted by Gasteiger charge is 2.54. The zero-order valence-corrected chi connectivity index (χ0v) is 27.2. The smallest absolute Gasteiger partial charge is 0.408 e. The number of hydrogen-bond donors (Lipinski definition) is 4. The van der Waals surface area contributed by atoms with Crippen LogP contribution in [0.4, 0.5) is 9.18 Å². The van der Waals surface area contributed by atoms with Gasteiger partial charge in [0.1, 0.15) is 29.6 Å². The third kappa shape index (κ3) is 8.28. The molecule has 4 N–H and O–H groups in total. The second kappa shape index (κ2) is 14.0. The summed E-state index contributed by atoms with van der Waals surface area (Å²) in [6.45, 7) is 7.80. The van der Waals surface area contributed by atoms with Gasteiger partial charge < -0.3 is 30.3 Å². The van der Waals surface area contributed by atoms with E-state index in [9.17, 15) is 28.4 Å². The molecule has 4 amide bonds. The summed E-state index contributed by atoms with van der Waals surface area (Å²) < 4.78 is 24.8. The minimum absolute atomic E-state index is 0.0155. The van der Waals surface area contributed by atoms with Gasteiger partial charge in [-0.15, -0.1) is 0 Å². The van der Waals surface area contributed by atoms with Crippen molar-refractivity contribution in [3.63, 3.8) is 0 Å². The van der Waals surface area contributed by atoms with E-state index in [2.05, 4.69) is 21.4 Å². The normalized spacial score (nSPS) is 25.0. The molecule has 1 aromatic carbocycles. The van der Waals surface area contributed by atoms with E-state index in [-0.39, 0.29) is 32.0 Å². The molecule has 4 aliphatic rings. The highest BCUT2D eigenvalue weighted by Crippen LogP contribution is 2.39. The minimum atomic E-state index is -1.20. The van der Waals surface area contributed by atoms with Gasteiger partial charge in [0.05, 0.1) is 31.5 Å². The Bertz CT molecular complexity index is 1420. The van der Waals surface area contributed by atoms with Gasteiger partial charge in [-0.3, -0.25) is 29.5 Å². The standard InChI is InChI=1S/C33H44FN5O8/c1-5-7-23(26(40)29(42)35-21-10-11-21)36-28(41)25-16-33(15-24(38-47-33)19-8-6-9-20(34)14-19)18-39(25)30(43)27(32(2,3)4)37-31(44)46-22-12-13-45-17-22/h6,8-9,14-15,21-23,25,27,38H,5,7,10-13,16-18H2,1-4H3,(H,35,42)(H,36,41)(H,37,44)/t22-,23-,25-,27+,33+/m0/s1. The van der Waals surface area contributed by atoms with Crippen molar-refractivity contribution in [3.05, 3.63) is 41.7 Å². The number of amides is 4. The molecule has 1 spiro atoms. The van der Waals surface area contributed by atoms with E-state index in [1.54, 1.807) is 39.0 Å². The number of nitrogens with zero attached hydrogens (tertiary/aromatic N) is 1. The molecule has 1 aromatic rings. The number of rotatable bonds is 11. The molecular formula is C33H44FN5O8. The molecular weight excluding hydrogens is 613 g/mol. The first-order chi connectivity index (χ1) is 22.3. The predicted octanol–water partition coefficient (Wildman–Crippen LogP) is 2.10. The number of nitrogens with one attached hydrogen (secondary N) is 4. The van der Waals surface area contributed by atoms with E-state index in [4.69, 9.17) is 14.3 Å². The number of hydroxylamine groups is 1.